The third-order valence-electron chi connectivity index (χ3n) is 1.50. The SMILES string of the molecule is CCOC(=O)Cc1ccncc1F. The molecule has 1 aromatic heterocycles. The number of hydrogen-bond acceptors (Lipinski definition) is 3. The molecule has 1 aromatic rings. The van der Waals surface area contributed by atoms with Gasteiger partial charge in [-0.15, -0.1) is 0 Å². The summed E-state index contributed by atoms with van der Waals surface area (Å²) in [6.07, 6.45) is 2.48. The summed E-state index contributed by atoms with van der Waals surface area (Å²) in [5.41, 5.74) is 0.313. The molecule has 4 heteroatoms. The minimum absolute atomic E-state index is 0.0395. The van der Waals surface area contributed by atoms with Gasteiger partial charge in [-0.05, 0) is 13.0 Å². The molecule has 1 heterocycles. The predicted molar refractivity (Wildman–Crippen MR) is 44.5 cm³/mol. The van der Waals surface area contributed by atoms with E-state index in [0.717, 1.165) is 6.20 Å². The molecule has 0 amide bonds. The largest absolute Gasteiger partial charge is 0.466 e. The fourth-order valence-corrected chi connectivity index (χ4v) is 0.915. The molecule has 0 N–H and O–H groups in total. The molecule has 0 atom stereocenters. The van der Waals surface area contributed by atoms with Crippen LogP contribution in [0.2, 0.25) is 0 Å². The van der Waals surface area contributed by atoms with Crippen LogP contribution in [0.25, 0.3) is 0 Å². The highest BCUT2D eigenvalue weighted by Crippen LogP contribution is 2.05. The number of rotatable bonds is 3. The van der Waals surface area contributed by atoms with Crippen molar-refractivity contribution >= 4 is 5.97 Å². The summed E-state index contributed by atoms with van der Waals surface area (Å²) in [6, 6.07) is 1.46. The Morgan fingerprint density at radius 3 is 3.08 bits per heavy atom. The van der Waals surface area contributed by atoms with Gasteiger partial charge in [-0.25, -0.2) is 4.39 Å². The van der Waals surface area contributed by atoms with Gasteiger partial charge >= 0.3 is 5.97 Å². The number of pyridine rings is 1. The normalized spacial score (nSPS) is 9.69. The molecule has 3 nitrogen and oxygen atoms in total. The van der Waals surface area contributed by atoms with Gasteiger partial charge in [0.2, 0.25) is 0 Å². The summed E-state index contributed by atoms with van der Waals surface area (Å²) >= 11 is 0. The van der Waals surface area contributed by atoms with Crippen molar-refractivity contribution in [1.82, 2.24) is 4.98 Å². The van der Waals surface area contributed by atoms with Crippen molar-refractivity contribution in [2.75, 3.05) is 6.61 Å². The maximum Gasteiger partial charge on any atom is 0.310 e. The molecule has 0 bridgehead atoms. The maximum atomic E-state index is 12.9. The van der Waals surface area contributed by atoms with Gasteiger partial charge < -0.3 is 4.74 Å². The van der Waals surface area contributed by atoms with E-state index in [0.29, 0.717) is 12.2 Å². The van der Waals surface area contributed by atoms with E-state index >= 15 is 0 Å². The van der Waals surface area contributed by atoms with Crippen LogP contribution >= 0.6 is 0 Å². The first-order valence-corrected chi connectivity index (χ1v) is 3.98. The van der Waals surface area contributed by atoms with Gasteiger partial charge in [-0.2, -0.15) is 0 Å². The number of halogens is 1. The fraction of sp³-hybridized carbons (Fsp3) is 0.333. The van der Waals surface area contributed by atoms with Crippen LogP contribution < -0.4 is 0 Å². The number of aromatic nitrogens is 1. The van der Waals surface area contributed by atoms with Gasteiger partial charge in [0.25, 0.3) is 0 Å². The first-order chi connectivity index (χ1) is 6.24. The van der Waals surface area contributed by atoms with Crippen molar-refractivity contribution in [1.29, 1.82) is 0 Å². The summed E-state index contributed by atoms with van der Waals surface area (Å²) in [5, 5.41) is 0. The molecule has 0 aliphatic rings. The number of ether oxygens (including phenoxy) is 1. The number of hydrogen-bond donors (Lipinski definition) is 0. The molecule has 0 aliphatic carbocycles. The smallest absolute Gasteiger partial charge is 0.310 e. The Morgan fingerprint density at radius 2 is 2.46 bits per heavy atom. The van der Waals surface area contributed by atoms with Crippen molar-refractivity contribution in [3.63, 3.8) is 0 Å². The van der Waals surface area contributed by atoms with Crippen LogP contribution in [0, 0.1) is 5.82 Å². The van der Waals surface area contributed by atoms with Crippen molar-refractivity contribution in [2.24, 2.45) is 0 Å². The topological polar surface area (TPSA) is 39.2 Å². The molecule has 1 rings (SSSR count). The van der Waals surface area contributed by atoms with Crippen LogP contribution in [-0.2, 0) is 16.0 Å². The number of esters is 1. The second-order valence-corrected chi connectivity index (χ2v) is 2.45. The van der Waals surface area contributed by atoms with E-state index in [4.69, 9.17) is 0 Å². The van der Waals surface area contributed by atoms with E-state index in [1.54, 1.807) is 6.92 Å². The van der Waals surface area contributed by atoms with Gasteiger partial charge in [-0.1, -0.05) is 0 Å². The number of carbonyl (C=O) groups excluding carboxylic acids is 1. The summed E-state index contributed by atoms with van der Waals surface area (Å²) in [6.45, 7) is 2.02. The zero-order chi connectivity index (χ0) is 9.68. The Kier molecular flexibility index (Phi) is 3.37. The molecular weight excluding hydrogens is 173 g/mol. The zero-order valence-corrected chi connectivity index (χ0v) is 7.29. The van der Waals surface area contributed by atoms with Crippen LogP contribution in [0.3, 0.4) is 0 Å². The van der Waals surface area contributed by atoms with E-state index in [-0.39, 0.29) is 6.42 Å². The molecule has 0 saturated carbocycles. The molecule has 13 heavy (non-hydrogen) atoms. The molecule has 0 radical (unpaired) electrons. The molecule has 0 spiro atoms. The Hall–Kier alpha value is -1.45. The highest BCUT2D eigenvalue weighted by Gasteiger charge is 2.07. The molecule has 70 valence electrons. The Bertz CT molecular complexity index is 301. The first-order valence-electron chi connectivity index (χ1n) is 3.98. The van der Waals surface area contributed by atoms with Crippen LogP contribution in [0.1, 0.15) is 12.5 Å². The van der Waals surface area contributed by atoms with Gasteiger partial charge in [0, 0.05) is 11.8 Å². The van der Waals surface area contributed by atoms with Crippen molar-refractivity contribution in [3.8, 4) is 0 Å². The van der Waals surface area contributed by atoms with Gasteiger partial charge in [0.05, 0.1) is 19.2 Å². The van der Waals surface area contributed by atoms with E-state index in [2.05, 4.69) is 9.72 Å². The van der Waals surface area contributed by atoms with Crippen molar-refractivity contribution < 1.29 is 13.9 Å². The Morgan fingerprint density at radius 1 is 1.69 bits per heavy atom. The number of nitrogens with zero attached hydrogens (tertiary/aromatic N) is 1. The molecule has 0 unspecified atom stereocenters. The fourth-order valence-electron chi connectivity index (χ4n) is 0.915. The molecule has 0 fully saturated rings. The monoisotopic (exact) mass is 183 g/mol. The number of carbonyl (C=O) groups is 1. The van der Waals surface area contributed by atoms with E-state index in [1.165, 1.54) is 12.3 Å². The van der Waals surface area contributed by atoms with Crippen LogP contribution in [0.5, 0.6) is 0 Å². The maximum absolute atomic E-state index is 12.9. The average molecular weight is 183 g/mol. The van der Waals surface area contributed by atoms with Gasteiger partial charge in [0.1, 0.15) is 5.82 Å². The zero-order valence-electron chi connectivity index (χ0n) is 7.29. The van der Waals surface area contributed by atoms with E-state index in [9.17, 15) is 9.18 Å². The van der Waals surface area contributed by atoms with Gasteiger partial charge in [0.15, 0.2) is 0 Å². The standard InChI is InChI=1S/C9H10FNO2/c1-2-13-9(12)5-7-3-4-11-6-8(7)10/h3-4,6H,2,5H2,1H3. The lowest BCUT2D eigenvalue weighted by Crippen LogP contribution is -2.08. The summed E-state index contributed by atoms with van der Waals surface area (Å²) in [4.78, 5) is 14.5. The van der Waals surface area contributed by atoms with Crippen LogP contribution in [0.15, 0.2) is 18.5 Å². The minimum atomic E-state index is -0.476. The van der Waals surface area contributed by atoms with Crippen molar-refractivity contribution in [3.05, 3.63) is 29.8 Å². The second kappa shape index (κ2) is 4.54. The minimum Gasteiger partial charge on any atom is -0.466 e. The summed E-state index contributed by atoms with van der Waals surface area (Å²) in [5.74, 6) is -0.900. The lowest BCUT2D eigenvalue weighted by molar-refractivity contribution is -0.142. The Labute approximate surface area is 75.6 Å². The van der Waals surface area contributed by atoms with E-state index < -0.39 is 11.8 Å². The lowest BCUT2D eigenvalue weighted by Gasteiger charge is -2.01. The van der Waals surface area contributed by atoms with Gasteiger partial charge in [-0.3, -0.25) is 9.78 Å². The average Bonchev–Trinajstić information content (AvgIpc) is 2.09. The van der Waals surface area contributed by atoms with Crippen LogP contribution in [0.4, 0.5) is 4.39 Å². The molecular formula is C9H10FNO2. The lowest BCUT2D eigenvalue weighted by atomic mass is 10.2. The first kappa shape index (κ1) is 9.64. The third kappa shape index (κ3) is 2.82. The third-order valence-corrected chi connectivity index (χ3v) is 1.50. The molecule has 0 aliphatic heterocycles. The predicted octanol–water partition coefficient (Wildman–Crippen LogP) is 1.33. The van der Waals surface area contributed by atoms with Crippen LogP contribution in [-0.4, -0.2) is 17.6 Å². The summed E-state index contributed by atoms with van der Waals surface area (Å²) < 4.78 is 17.6. The van der Waals surface area contributed by atoms with Crippen molar-refractivity contribution in [2.45, 2.75) is 13.3 Å². The summed E-state index contributed by atoms with van der Waals surface area (Å²) in [7, 11) is 0. The van der Waals surface area contributed by atoms with E-state index in [1.807, 2.05) is 0 Å². The highest BCUT2D eigenvalue weighted by molar-refractivity contribution is 5.72. The highest BCUT2D eigenvalue weighted by atomic mass is 19.1. The quantitative estimate of drug-likeness (QED) is 0.663. The Balaban J connectivity index is 2.63. The molecule has 0 saturated heterocycles. The second-order valence-electron chi connectivity index (χ2n) is 2.45. The molecule has 0 aromatic carbocycles.